The van der Waals surface area contributed by atoms with Crippen LogP contribution in [0.1, 0.15) is 92.0 Å². The van der Waals surface area contributed by atoms with Crippen molar-refractivity contribution in [1.29, 1.82) is 0 Å². The maximum absolute atomic E-state index is 13.5. The first-order valence-corrected chi connectivity index (χ1v) is 22.0. The molecule has 1 aromatic carbocycles. The largest absolute Gasteiger partial charge is 0.381 e. The summed E-state index contributed by atoms with van der Waals surface area (Å²) in [5.74, 6) is 1.80. The van der Waals surface area contributed by atoms with Crippen LogP contribution in [0.5, 0.6) is 0 Å². The molecule has 0 saturated carbocycles. The molecular formula is C44H54N12O5. The lowest BCUT2D eigenvalue weighted by atomic mass is 9.94. The minimum atomic E-state index is -0.967. The van der Waals surface area contributed by atoms with Gasteiger partial charge in [0.1, 0.15) is 17.7 Å². The molecular weight excluding hydrogens is 777 g/mol. The third-order valence-electron chi connectivity index (χ3n) is 13.8. The Morgan fingerprint density at radius 3 is 2.28 bits per heavy atom. The van der Waals surface area contributed by atoms with Crippen LogP contribution in [0.15, 0.2) is 42.7 Å². The van der Waals surface area contributed by atoms with E-state index in [0.717, 1.165) is 112 Å². The van der Waals surface area contributed by atoms with Gasteiger partial charge in [0.25, 0.3) is 11.8 Å². The van der Waals surface area contributed by atoms with E-state index < -0.39 is 23.8 Å². The Bertz CT molecular complexity index is 2360. The van der Waals surface area contributed by atoms with E-state index in [1.54, 1.807) is 19.4 Å². The third-order valence-corrected chi connectivity index (χ3v) is 13.8. The molecule has 5 fully saturated rings. The summed E-state index contributed by atoms with van der Waals surface area (Å²) < 4.78 is 7.65. The first kappa shape index (κ1) is 39.5. The summed E-state index contributed by atoms with van der Waals surface area (Å²) in [6.45, 7) is 10.7. The van der Waals surface area contributed by atoms with E-state index in [1.165, 1.54) is 0 Å². The standard InChI is InChI=1S/C44H54N12O5/c1-26(2)56-36-21-38(47-37-10-15-45-44(48-37)52-18-13-31(61-3)14-19-52)46-22-34(36)40(50-56)51-16-11-27(12-17-51)23-54-29-4-5-30(54)25-53(24-29)28-6-7-32-33(20-28)43(60)55(42(32)59)35-8-9-39(57)49-41(35)58/h6-7,10,15,20-22,26-27,29-31,35H,4-5,8-9,11-14,16-19,23-25H2,1-3H3,(H,49,57,58)(H,45,46,47,48). The Balaban J connectivity index is 0.766. The number of nitrogens with zero attached hydrogens (tertiary/aromatic N) is 10. The number of ether oxygens (including phenoxy) is 1. The quantitative estimate of drug-likeness (QED) is 0.219. The summed E-state index contributed by atoms with van der Waals surface area (Å²) in [5, 5.41) is 11.9. The van der Waals surface area contributed by atoms with Crippen molar-refractivity contribution in [2.75, 3.05) is 72.9 Å². The number of piperazine rings is 1. The first-order chi connectivity index (χ1) is 29.6. The van der Waals surface area contributed by atoms with Crippen molar-refractivity contribution in [2.45, 2.75) is 95.5 Å². The highest BCUT2D eigenvalue weighted by Gasteiger charge is 2.46. The number of methoxy groups -OCH3 is 1. The number of rotatable bonds is 10. The van der Waals surface area contributed by atoms with Crippen LogP contribution in [0.2, 0.25) is 0 Å². The molecule has 9 heterocycles. The zero-order valence-corrected chi connectivity index (χ0v) is 35.1. The normalized spacial score (nSPS) is 24.1. The molecule has 3 unspecified atom stereocenters. The summed E-state index contributed by atoms with van der Waals surface area (Å²) >= 11 is 0. The Kier molecular flexibility index (Phi) is 10.3. The fourth-order valence-electron chi connectivity index (χ4n) is 10.5. The van der Waals surface area contributed by atoms with Crippen LogP contribution >= 0.6 is 0 Å². The van der Waals surface area contributed by atoms with Crippen LogP contribution < -0.4 is 25.3 Å². The number of amides is 4. The number of benzene rings is 1. The van der Waals surface area contributed by atoms with Crippen molar-refractivity contribution in [1.82, 2.24) is 39.8 Å². The number of imide groups is 2. The number of hydrogen-bond donors (Lipinski definition) is 2. The minimum absolute atomic E-state index is 0.100. The van der Waals surface area contributed by atoms with E-state index in [4.69, 9.17) is 19.8 Å². The van der Waals surface area contributed by atoms with Gasteiger partial charge in [0, 0.05) is 102 Å². The highest BCUT2D eigenvalue weighted by atomic mass is 16.5. The molecule has 6 aliphatic rings. The molecule has 61 heavy (non-hydrogen) atoms. The molecule has 6 aliphatic heterocycles. The number of aromatic nitrogens is 5. The topological polar surface area (TPSA) is 174 Å². The number of hydrogen-bond acceptors (Lipinski definition) is 14. The van der Waals surface area contributed by atoms with Crippen LogP contribution in [-0.4, -0.2) is 135 Å². The van der Waals surface area contributed by atoms with Crippen LogP contribution in [0.25, 0.3) is 10.9 Å². The average Bonchev–Trinajstić information content (AvgIpc) is 3.84. The van der Waals surface area contributed by atoms with E-state index in [2.05, 4.69) is 59.8 Å². The summed E-state index contributed by atoms with van der Waals surface area (Å²) in [6, 6.07) is 9.48. The van der Waals surface area contributed by atoms with Crippen LogP contribution in [0.3, 0.4) is 0 Å². The van der Waals surface area contributed by atoms with Crippen LogP contribution in [-0.2, 0) is 14.3 Å². The molecule has 2 N–H and O–H groups in total. The molecule has 10 rings (SSSR count). The highest BCUT2D eigenvalue weighted by molar-refractivity contribution is 6.23. The zero-order chi connectivity index (χ0) is 41.9. The highest BCUT2D eigenvalue weighted by Crippen LogP contribution is 2.38. The predicted octanol–water partition coefficient (Wildman–Crippen LogP) is 4.13. The minimum Gasteiger partial charge on any atom is -0.381 e. The van der Waals surface area contributed by atoms with E-state index >= 15 is 0 Å². The van der Waals surface area contributed by atoms with Crippen molar-refractivity contribution in [3.8, 4) is 0 Å². The summed E-state index contributed by atoms with van der Waals surface area (Å²) in [4.78, 5) is 76.0. The molecule has 3 aromatic heterocycles. The number of carbonyl (C=O) groups excluding carboxylic acids is 4. The van der Waals surface area contributed by atoms with Gasteiger partial charge in [-0.15, -0.1) is 0 Å². The number of piperidine rings is 3. The van der Waals surface area contributed by atoms with Gasteiger partial charge in [-0.25, -0.2) is 9.97 Å². The van der Waals surface area contributed by atoms with Crippen molar-refractivity contribution in [3.05, 3.63) is 53.9 Å². The molecule has 17 nitrogen and oxygen atoms in total. The molecule has 3 atom stereocenters. The van der Waals surface area contributed by atoms with E-state index in [1.807, 2.05) is 24.4 Å². The van der Waals surface area contributed by atoms with E-state index in [9.17, 15) is 19.2 Å². The van der Waals surface area contributed by atoms with Crippen molar-refractivity contribution in [2.24, 2.45) is 5.92 Å². The predicted molar refractivity (Wildman–Crippen MR) is 229 cm³/mol. The van der Waals surface area contributed by atoms with Crippen LogP contribution in [0, 0.1) is 5.92 Å². The Morgan fingerprint density at radius 1 is 0.820 bits per heavy atom. The monoisotopic (exact) mass is 830 g/mol. The van der Waals surface area contributed by atoms with Crippen molar-refractivity contribution in [3.63, 3.8) is 0 Å². The number of anilines is 5. The first-order valence-electron chi connectivity index (χ1n) is 22.0. The van der Waals surface area contributed by atoms with E-state index in [-0.39, 0.29) is 24.8 Å². The molecule has 4 amide bonds. The van der Waals surface area contributed by atoms with Gasteiger partial charge in [-0.05, 0) is 89.0 Å². The molecule has 0 aliphatic carbocycles. The Labute approximate surface area is 354 Å². The van der Waals surface area contributed by atoms with Gasteiger partial charge in [0.2, 0.25) is 17.8 Å². The van der Waals surface area contributed by atoms with Crippen molar-refractivity contribution < 1.29 is 23.9 Å². The van der Waals surface area contributed by atoms with Crippen LogP contribution in [0.4, 0.5) is 29.1 Å². The zero-order valence-electron chi connectivity index (χ0n) is 35.1. The van der Waals surface area contributed by atoms with Gasteiger partial charge >= 0.3 is 0 Å². The fourth-order valence-corrected chi connectivity index (χ4v) is 10.5. The summed E-state index contributed by atoms with van der Waals surface area (Å²) in [6.07, 6.45) is 10.7. The fraction of sp³-hybridized carbons (Fsp3) is 0.545. The second-order valence-corrected chi connectivity index (χ2v) is 17.8. The Hall–Kier alpha value is -5.68. The lowest BCUT2D eigenvalue weighted by molar-refractivity contribution is -0.136. The lowest BCUT2D eigenvalue weighted by Crippen LogP contribution is -2.55. The maximum atomic E-state index is 13.5. The third kappa shape index (κ3) is 7.34. The molecule has 0 radical (unpaired) electrons. The molecule has 320 valence electrons. The molecule has 17 heteroatoms. The van der Waals surface area contributed by atoms with Gasteiger partial charge in [-0.3, -0.25) is 39.0 Å². The SMILES string of the molecule is COC1CCN(c2nccc(Nc3cc4c(cn3)c(N3CCC(CN5C6CCC5CN(c5ccc7c(c5)C(=O)N(C5CCC(=O)NC5=O)C7=O)C6)CC3)nn4C(C)C)n2)CC1. The molecule has 4 aromatic rings. The Morgan fingerprint density at radius 2 is 1.56 bits per heavy atom. The summed E-state index contributed by atoms with van der Waals surface area (Å²) in [5.41, 5.74) is 2.62. The number of fused-ring (bicyclic) bond motifs is 4. The summed E-state index contributed by atoms with van der Waals surface area (Å²) in [7, 11) is 1.78. The number of nitrogens with one attached hydrogen (secondary N) is 2. The van der Waals surface area contributed by atoms with Gasteiger partial charge in [0.15, 0.2) is 5.82 Å². The average molecular weight is 831 g/mol. The molecule has 2 bridgehead atoms. The smallest absolute Gasteiger partial charge is 0.262 e. The molecule has 5 saturated heterocycles. The van der Waals surface area contributed by atoms with Gasteiger partial charge in [-0.1, -0.05) is 0 Å². The maximum Gasteiger partial charge on any atom is 0.262 e. The van der Waals surface area contributed by atoms with Crippen molar-refractivity contribution >= 4 is 63.6 Å². The number of carbonyl (C=O) groups is 4. The number of pyridine rings is 1. The van der Waals surface area contributed by atoms with Gasteiger partial charge in [-0.2, -0.15) is 10.1 Å². The lowest BCUT2D eigenvalue weighted by Gasteiger charge is -2.44. The van der Waals surface area contributed by atoms with Gasteiger partial charge in [0.05, 0.1) is 28.1 Å². The van der Waals surface area contributed by atoms with Gasteiger partial charge < -0.3 is 24.8 Å². The second-order valence-electron chi connectivity index (χ2n) is 17.8. The molecule has 0 spiro atoms. The van der Waals surface area contributed by atoms with E-state index in [0.29, 0.717) is 52.8 Å². The second kappa shape index (κ2) is 16.0.